The maximum atomic E-state index is 6.48. The van der Waals surface area contributed by atoms with Crippen LogP contribution in [0.3, 0.4) is 0 Å². The molecule has 0 saturated heterocycles. The van der Waals surface area contributed by atoms with Crippen LogP contribution in [0.2, 0.25) is 0 Å². The summed E-state index contributed by atoms with van der Waals surface area (Å²) >= 11 is 0. The second-order valence-electron chi connectivity index (χ2n) is 10.7. The third-order valence-electron chi connectivity index (χ3n) is 8.23. The van der Waals surface area contributed by atoms with Crippen molar-refractivity contribution in [1.29, 1.82) is 0 Å². The second-order valence-corrected chi connectivity index (χ2v) is 10.7. The molecule has 30 heavy (non-hydrogen) atoms. The lowest BCUT2D eigenvalue weighted by molar-refractivity contribution is -0.0962. The van der Waals surface area contributed by atoms with Crippen LogP contribution in [0.1, 0.15) is 98.3 Å². The smallest absolute Gasteiger partial charge is 0.0609 e. The van der Waals surface area contributed by atoms with E-state index in [4.69, 9.17) is 20.9 Å². The van der Waals surface area contributed by atoms with Crippen molar-refractivity contribution >= 4 is 0 Å². The van der Waals surface area contributed by atoms with E-state index >= 15 is 0 Å². The first-order valence-corrected chi connectivity index (χ1v) is 13.1. The molecule has 4 unspecified atom stereocenters. The Morgan fingerprint density at radius 3 is 2.37 bits per heavy atom. The lowest BCUT2D eigenvalue weighted by Gasteiger charge is -2.51. The summed E-state index contributed by atoms with van der Waals surface area (Å²) in [5.41, 5.74) is 11.7. The Hall–Kier alpha value is -0.160. The Morgan fingerprint density at radius 1 is 1.00 bits per heavy atom. The van der Waals surface area contributed by atoms with Gasteiger partial charge in [-0.25, -0.2) is 0 Å². The molecule has 0 aromatic heterocycles. The van der Waals surface area contributed by atoms with Crippen molar-refractivity contribution in [3.63, 3.8) is 0 Å². The molecule has 2 aliphatic carbocycles. The van der Waals surface area contributed by atoms with E-state index in [2.05, 4.69) is 27.7 Å². The summed E-state index contributed by atoms with van der Waals surface area (Å²) in [5, 5.41) is 0. The van der Waals surface area contributed by atoms with Gasteiger partial charge in [-0.3, -0.25) is 0 Å². The van der Waals surface area contributed by atoms with E-state index in [-0.39, 0.29) is 0 Å². The van der Waals surface area contributed by atoms with Gasteiger partial charge in [-0.15, -0.1) is 0 Å². The molecule has 2 rings (SSSR count). The fraction of sp³-hybridized carbons (Fsp3) is 1.00. The van der Waals surface area contributed by atoms with Gasteiger partial charge in [0.1, 0.15) is 0 Å². The van der Waals surface area contributed by atoms with Crippen molar-refractivity contribution in [2.75, 3.05) is 26.3 Å². The highest BCUT2D eigenvalue weighted by atomic mass is 16.5. The van der Waals surface area contributed by atoms with Gasteiger partial charge in [0.15, 0.2) is 0 Å². The average Bonchev–Trinajstić information content (AvgIpc) is 3.22. The molecule has 6 atom stereocenters. The van der Waals surface area contributed by atoms with E-state index in [1.54, 1.807) is 0 Å². The molecule has 2 fully saturated rings. The van der Waals surface area contributed by atoms with Gasteiger partial charge in [-0.1, -0.05) is 47.0 Å². The third-order valence-corrected chi connectivity index (χ3v) is 8.23. The summed E-state index contributed by atoms with van der Waals surface area (Å²) in [4.78, 5) is 0. The molecule has 2 saturated carbocycles. The predicted octanol–water partition coefficient (Wildman–Crippen LogP) is 5.52. The second kappa shape index (κ2) is 13.4. The molecule has 0 heterocycles. The Bertz CT molecular complexity index is 456. The Balaban J connectivity index is 2.06. The molecular weight excluding hydrogens is 372 g/mol. The molecule has 0 spiro atoms. The van der Waals surface area contributed by atoms with Crippen LogP contribution in [0.25, 0.3) is 0 Å². The van der Waals surface area contributed by atoms with Crippen molar-refractivity contribution in [3.05, 3.63) is 0 Å². The summed E-state index contributed by atoms with van der Waals surface area (Å²) in [6, 6.07) is 0. The minimum atomic E-state index is 0.327. The molecule has 4 heteroatoms. The molecule has 4 nitrogen and oxygen atoms in total. The molecule has 2 aliphatic rings. The van der Waals surface area contributed by atoms with Crippen molar-refractivity contribution < 1.29 is 9.47 Å². The first-order chi connectivity index (χ1) is 14.5. The lowest BCUT2D eigenvalue weighted by Crippen LogP contribution is -2.47. The highest BCUT2D eigenvalue weighted by molar-refractivity contribution is 4.99. The van der Waals surface area contributed by atoms with Crippen molar-refractivity contribution in [1.82, 2.24) is 0 Å². The minimum absolute atomic E-state index is 0.327. The van der Waals surface area contributed by atoms with Crippen LogP contribution in [-0.4, -0.2) is 38.5 Å². The number of fused-ring (bicyclic) bond motifs is 1. The molecule has 0 radical (unpaired) electrons. The quantitative estimate of drug-likeness (QED) is 0.339. The van der Waals surface area contributed by atoms with Gasteiger partial charge in [-0.2, -0.15) is 0 Å². The molecule has 0 aliphatic heterocycles. The Kier molecular flexibility index (Phi) is 11.7. The molecule has 178 valence electrons. The fourth-order valence-electron chi connectivity index (χ4n) is 6.52. The van der Waals surface area contributed by atoms with E-state index in [1.807, 2.05) is 0 Å². The zero-order valence-corrected chi connectivity index (χ0v) is 20.5. The van der Waals surface area contributed by atoms with Crippen LogP contribution in [-0.2, 0) is 9.47 Å². The topological polar surface area (TPSA) is 70.5 Å². The summed E-state index contributed by atoms with van der Waals surface area (Å²) in [7, 11) is 0. The number of hydrogen-bond acceptors (Lipinski definition) is 4. The van der Waals surface area contributed by atoms with Gasteiger partial charge in [0, 0.05) is 13.2 Å². The number of ether oxygens (including phenoxy) is 2. The molecule has 0 bridgehead atoms. The average molecular weight is 425 g/mol. The lowest BCUT2D eigenvalue weighted by atomic mass is 9.56. The molecule has 0 aromatic carbocycles. The fourth-order valence-corrected chi connectivity index (χ4v) is 6.52. The van der Waals surface area contributed by atoms with Crippen LogP contribution in [0.5, 0.6) is 0 Å². The normalized spacial score (nSPS) is 30.4. The van der Waals surface area contributed by atoms with E-state index in [0.29, 0.717) is 17.6 Å². The van der Waals surface area contributed by atoms with Gasteiger partial charge in [0.2, 0.25) is 0 Å². The minimum Gasteiger partial charge on any atom is -0.378 e. The van der Waals surface area contributed by atoms with Crippen LogP contribution in [0.15, 0.2) is 0 Å². The highest BCUT2D eigenvalue weighted by Crippen LogP contribution is 2.56. The summed E-state index contributed by atoms with van der Waals surface area (Å²) < 4.78 is 12.6. The van der Waals surface area contributed by atoms with Crippen molar-refractivity contribution in [3.8, 4) is 0 Å². The predicted molar refractivity (Wildman–Crippen MR) is 127 cm³/mol. The molecule has 4 N–H and O–H groups in total. The van der Waals surface area contributed by atoms with E-state index in [1.165, 1.54) is 44.9 Å². The Labute approximate surface area is 187 Å². The van der Waals surface area contributed by atoms with Crippen molar-refractivity contribution in [2.45, 2.75) is 111 Å². The van der Waals surface area contributed by atoms with Crippen LogP contribution in [0, 0.1) is 29.1 Å². The monoisotopic (exact) mass is 424 g/mol. The standard InChI is InChI=1S/C26H52N2O2/c1-5-10-22-21-11-7-12-23(21)25(30-18-9-16-28)19-24(22)26(3,4)14-13-20(6-2)29-17-8-15-27/h20-25H,5-19,27-28H2,1-4H3/t20-,21?,22?,23?,24?,25-/m0/s1. The molecule has 0 amide bonds. The zero-order chi connectivity index (χ0) is 22.0. The van der Waals surface area contributed by atoms with Crippen LogP contribution >= 0.6 is 0 Å². The SMILES string of the molecule is CCCC1C2CCCC2[C@@H](OCCCN)CC1C(C)(C)CC[C@H](CC)OCCCN. The van der Waals surface area contributed by atoms with Crippen LogP contribution < -0.4 is 11.5 Å². The first kappa shape index (κ1) is 26.1. The summed E-state index contributed by atoms with van der Waals surface area (Å²) in [5.74, 6) is 3.27. The highest BCUT2D eigenvalue weighted by Gasteiger charge is 2.50. The third kappa shape index (κ3) is 7.18. The molecular formula is C26H52N2O2. The summed E-state index contributed by atoms with van der Waals surface area (Å²) in [6.45, 7) is 12.8. The Morgan fingerprint density at radius 2 is 1.70 bits per heavy atom. The summed E-state index contributed by atoms with van der Waals surface area (Å²) in [6.07, 6.45) is 14.4. The maximum Gasteiger partial charge on any atom is 0.0609 e. The maximum absolute atomic E-state index is 6.48. The van der Waals surface area contributed by atoms with E-state index in [0.717, 1.165) is 75.7 Å². The van der Waals surface area contributed by atoms with E-state index in [9.17, 15) is 0 Å². The number of nitrogens with two attached hydrogens (primary N) is 2. The van der Waals surface area contributed by atoms with Gasteiger partial charge in [-0.05, 0) is 93.5 Å². The van der Waals surface area contributed by atoms with Gasteiger partial charge < -0.3 is 20.9 Å². The van der Waals surface area contributed by atoms with Crippen LogP contribution in [0.4, 0.5) is 0 Å². The van der Waals surface area contributed by atoms with E-state index < -0.39 is 0 Å². The molecule has 0 aromatic rings. The van der Waals surface area contributed by atoms with Gasteiger partial charge in [0.05, 0.1) is 12.2 Å². The number of rotatable bonds is 15. The largest absolute Gasteiger partial charge is 0.378 e. The number of hydrogen-bond donors (Lipinski definition) is 2. The van der Waals surface area contributed by atoms with Gasteiger partial charge in [0.25, 0.3) is 0 Å². The first-order valence-electron chi connectivity index (χ1n) is 13.1. The van der Waals surface area contributed by atoms with Crippen molar-refractivity contribution in [2.24, 2.45) is 40.6 Å². The zero-order valence-electron chi connectivity index (χ0n) is 20.5. The van der Waals surface area contributed by atoms with Gasteiger partial charge >= 0.3 is 0 Å².